The highest BCUT2D eigenvalue weighted by molar-refractivity contribution is 6.15. The summed E-state index contributed by atoms with van der Waals surface area (Å²) < 4.78 is 0. The number of carbonyl (C=O) groups excluding carboxylic acids is 6. The maximum Gasteiger partial charge on any atom is 0.238 e. The summed E-state index contributed by atoms with van der Waals surface area (Å²) in [5.74, 6) is -3.05. The van der Waals surface area contributed by atoms with Crippen LogP contribution in [0.1, 0.15) is 38.5 Å². The highest BCUT2D eigenvalue weighted by Crippen LogP contribution is 2.13. The number of imide groups is 6. The third-order valence-electron chi connectivity index (χ3n) is 3.25. The predicted octanol–water partition coefficient (Wildman–Crippen LogP) is -1.91. The van der Waals surface area contributed by atoms with Gasteiger partial charge < -0.3 is 10.2 Å². The Kier molecular flexibility index (Phi) is 7.33. The monoisotopic (exact) mass is 342 g/mol. The lowest BCUT2D eigenvalue weighted by atomic mass is 10.4. The lowest BCUT2D eigenvalue weighted by Crippen LogP contribution is -2.35. The van der Waals surface area contributed by atoms with Crippen molar-refractivity contribution >= 4 is 35.4 Å². The number of nitrogens with zero attached hydrogens (tertiary/aromatic N) is 2. The van der Waals surface area contributed by atoms with E-state index in [1.807, 2.05) is 0 Å². The number of aliphatic hydroxyl groups is 2. The molecule has 0 aromatic heterocycles. The minimum atomic E-state index is -0.606. The summed E-state index contributed by atoms with van der Waals surface area (Å²) in [7, 11) is 0. The van der Waals surface area contributed by atoms with Gasteiger partial charge in [-0.3, -0.25) is 28.8 Å². The summed E-state index contributed by atoms with van der Waals surface area (Å²) in [6.07, 6.45) is 0.0902. The molecule has 0 atom stereocenters. The third-order valence-corrected chi connectivity index (χ3v) is 3.25. The van der Waals surface area contributed by atoms with Crippen molar-refractivity contribution in [1.82, 2.24) is 9.80 Å². The molecule has 0 saturated carbocycles. The molecule has 10 heteroatoms. The lowest BCUT2D eigenvalue weighted by Gasteiger charge is -2.09. The van der Waals surface area contributed by atoms with Crippen LogP contribution < -0.4 is 0 Å². The van der Waals surface area contributed by atoms with Gasteiger partial charge in [-0.2, -0.15) is 0 Å². The van der Waals surface area contributed by atoms with Gasteiger partial charge in [0.15, 0.2) is 0 Å². The molecule has 2 aliphatic rings. The van der Waals surface area contributed by atoms with Crippen LogP contribution in [0.2, 0.25) is 0 Å². The molecule has 10 nitrogen and oxygen atoms in total. The van der Waals surface area contributed by atoms with Crippen molar-refractivity contribution < 1.29 is 39.0 Å². The highest BCUT2D eigenvalue weighted by Gasteiger charge is 2.34. The molecule has 0 aromatic carbocycles. The molecule has 0 bridgehead atoms. The van der Waals surface area contributed by atoms with E-state index in [9.17, 15) is 28.8 Å². The van der Waals surface area contributed by atoms with Crippen molar-refractivity contribution in [3.8, 4) is 0 Å². The zero-order chi connectivity index (χ0) is 18.3. The fraction of sp³-hybridized carbons (Fsp3) is 0.571. The number of carbonyl (C=O) groups is 6. The van der Waals surface area contributed by atoms with Crippen LogP contribution in [-0.2, 0) is 28.8 Å². The van der Waals surface area contributed by atoms with E-state index in [2.05, 4.69) is 0 Å². The summed E-state index contributed by atoms with van der Waals surface area (Å²) in [5.41, 5.74) is 0. The van der Waals surface area contributed by atoms with E-state index in [0.29, 0.717) is 9.80 Å². The van der Waals surface area contributed by atoms with Gasteiger partial charge in [-0.1, -0.05) is 0 Å². The highest BCUT2D eigenvalue weighted by atomic mass is 16.3. The summed E-state index contributed by atoms with van der Waals surface area (Å²) in [4.78, 5) is 66.8. The van der Waals surface area contributed by atoms with Crippen molar-refractivity contribution in [1.29, 1.82) is 0 Å². The van der Waals surface area contributed by atoms with Gasteiger partial charge in [0, 0.05) is 25.7 Å². The first kappa shape index (κ1) is 19.6. The molecule has 2 heterocycles. The summed E-state index contributed by atoms with van der Waals surface area (Å²) >= 11 is 0. The molecule has 132 valence electrons. The SMILES string of the molecule is O=C(CCO)N1C(=O)CCC1=O.O=C(CCO)N1C(=O)CCC1=O. The molecule has 0 spiro atoms. The molecule has 2 N–H and O–H groups in total. The van der Waals surface area contributed by atoms with Crippen LogP contribution >= 0.6 is 0 Å². The molecule has 2 saturated heterocycles. The van der Waals surface area contributed by atoms with Gasteiger partial charge in [-0.25, -0.2) is 9.80 Å². The maximum atomic E-state index is 11.0. The molecule has 24 heavy (non-hydrogen) atoms. The number of rotatable bonds is 4. The number of amides is 6. The van der Waals surface area contributed by atoms with Crippen LogP contribution in [0.25, 0.3) is 0 Å². The van der Waals surface area contributed by atoms with Crippen LogP contribution in [0.15, 0.2) is 0 Å². The first-order chi connectivity index (χ1) is 11.3. The molecule has 0 unspecified atom stereocenters. The number of hydrogen-bond donors (Lipinski definition) is 2. The molecular weight excluding hydrogens is 324 g/mol. The molecule has 2 fully saturated rings. The summed E-state index contributed by atoms with van der Waals surface area (Å²) in [6, 6.07) is 0. The fourth-order valence-corrected chi connectivity index (χ4v) is 2.12. The fourth-order valence-electron chi connectivity index (χ4n) is 2.12. The van der Waals surface area contributed by atoms with Crippen molar-refractivity contribution in [2.45, 2.75) is 38.5 Å². The molecule has 0 radical (unpaired) electrons. The van der Waals surface area contributed by atoms with E-state index < -0.39 is 35.4 Å². The van der Waals surface area contributed by atoms with Gasteiger partial charge in [0.1, 0.15) is 0 Å². The van der Waals surface area contributed by atoms with Crippen LogP contribution in [-0.4, -0.2) is 68.7 Å². The second kappa shape index (κ2) is 8.99. The average Bonchev–Trinajstić information content (AvgIpc) is 3.02. The lowest BCUT2D eigenvalue weighted by molar-refractivity contribution is -0.152. The molecule has 2 rings (SSSR count). The largest absolute Gasteiger partial charge is 0.396 e. The van der Waals surface area contributed by atoms with Crippen LogP contribution in [0.3, 0.4) is 0 Å². The topological polar surface area (TPSA) is 149 Å². The van der Waals surface area contributed by atoms with Crippen LogP contribution in [0.5, 0.6) is 0 Å². The van der Waals surface area contributed by atoms with E-state index in [1.54, 1.807) is 0 Å². The van der Waals surface area contributed by atoms with E-state index >= 15 is 0 Å². The Balaban J connectivity index is 0.000000240. The smallest absolute Gasteiger partial charge is 0.238 e. The van der Waals surface area contributed by atoms with Crippen LogP contribution in [0.4, 0.5) is 0 Å². The van der Waals surface area contributed by atoms with Gasteiger partial charge in [0.2, 0.25) is 35.4 Å². The first-order valence-electron chi connectivity index (χ1n) is 7.32. The normalized spacial score (nSPS) is 17.2. The zero-order valence-electron chi connectivity index (χ0n) is 12.9. The average molecular weight is 342 g/mol. The standard InChI is InChI=1S/2C7H9NO4/c2*9-4-3-7(12)8-5(10)1-2-6(8)11/h2*9H,1-4H2. The third kappa shape index (κ3) is 4.77. The van der Waals surface area contributed by atoms with Crippen LogP contribution in [0, 0.1) is 0 Å². The van der Waals surface area contributed by atoms with Gasteiger partial charge in [0.25, 0.3) is 0 Å². The van der Waals surface area contributed by atoms with Crippen molar-refractivity contribution in [2.24, 2.45) is 0 Å². The van der Waals surface area contributed by atoms with Gasteiger partial charge >= 0.3 is 0 Å². The Morgan fingerprint density at radius 3 is 1.12 bits per heavy atom. The van der Waals surface area contributed by atoms with E-state index in [4.69, 9.17) is 10.2 Å². The quantitative estimate of drug-likeness (QED) is 0.562. The molecule has 6 amide bonds. The summed E-state index contributed by atoms with van der Waals surface area (Å²) in [5, 5.41) is 16.8. The Bertz CT molecular complexity index is 489. The maximum absolute atomic E-state index is 11.0. The van der Waals surface area contributed by atoms with Crippen molar-refractivity contribution in [2.75, 3.05) is 13.2 Å². The number of likely N-dealkylation sites (tertiary alicyclic amines) is 2. The molecular formula is C14H18N2O8. The van der Waals surface area contributed by atoms with E-state index in [1.165, 1.54) is 0 Å². The van der Waals surface area contributed by atoms with Gasteiger partial charge in [-0.15, -0.1) is 0 Å². The van der Waals surface area contributed by atoms with E-state index in [-0.39, 0.29) is 51.7 Å². The van der Waals surface area contributed by atoms with Crippen molar-refractivity contribution in [3.63, 3.8) is 0 Å². The number of hydrogen-bond acceptors (Lipinski definition) is 8. The number of aliphatic hydroxyl groups excluding tert-OH is 2. The Morgan fingerprint density at radius 1 is 0.667 bits per heavy atom. The van der Waals surface area contributed by atoms with Gasteiger partial charge in [0.05, 0.1) is 26.1 Å². The molecule has 2 aliphatic heterocycles. The Hall–Kier alpha value is -2.46. The predicted molar refractivity (Wildman–Crippen MR) is 75.6 cm³/mol. The van der Waals surface area contributed by atoms with Crippen molar-refractivity contribution in [3.05, 3.63) is 0 Å². The zero-order valence-corrected chi connectivity index (χ0v) is 12.9. The Labute approximate surface area is 137 Å². The molecule has 0 aromatic rings. The molecule has 0 aliphatic carbocycles. The second-order valence-electron chi connectivity index (χ2n) is 4.98. The van der Waals surface area contributed by atoms with Gasteiger partial charge in [-0.05, 0) is 0 Å². The second-order valence-corrected chi connectivity index (χ2v) is 4.98. The minimum absolute atomic E-state index is 0.107. The first-order valence-corrected chi connectivity index (χ1v) is 7.32. The Morgan fingerprint density at radius 2 is 0.917 bits per heavy atom. The summed E-state index contributed by atoms with van der Waals surface area (Å²) in [6.45, 7) is -0.675. The minimum Gasteiger partial charge on any atom is -0.396 e. The van der Waals surface area contributed by atoms with E-state index in [0.717, 1.165) is 0 Å².